The summed E-state index contributed by atoms with van der Waals surface area (Å²) in [6.45, 7) is 2.39. The van der Waals surface area contributed by atoms with Crippen molar-refractivity contribution < 1.29 is 14.3 Å². The Balaban J connectivity index is 2.16. The monoisotopic (exact) mass is 280 g/mol. The van der Waals surface area contributed by atoms with Crippen molar-refractivity contribution in [3.05, 3.63) is 28.2 Å². The SMILES string of the molecule is CNC(=O)[C@]1(C)CN(C(=O)c2ccc(=O)[nH]n2)CCO1. The van der Waals surface area contributed by atoms with Crippen LogP contribution in [0.2, 0.25) is 0 Å². The molecule has 0 saturated carbocycles. The van der Waals surface area contributed by atoms with Gasteiger partial charge in [-0.25, -0.2) is 5.10 Å². The Morgan fingerprint density at radius 3 is 2.85 bits per heavy atom. The lowest BCUT2D eigenvalue weighted by Gasteiger charge is -2.38. The number of H-pyrrole nitrogens is 1. The maximum absolute atomic E-state index is 12.3. The Labute approximate surface area is 115 Å². The van der Waals surface area contributed by atoms with Crippen molar-refractivity contribution in [2.75, 3.05) is 26.7 Å². The molecule has 1 aliphatic heterocycles. The average molecular weight is 280 g/mol. The summed E-state index contributed by atoms with van der Waals surface area (Å²) in [7, 11) is 1.52. The highest BCUT2D eigenvalue weighted by atomic mass is 16.5. The maximum atomic E-state index is 12.3. The molecule has 1 fully saturated rings. The number of carbonyl (C=O) groups is 2. The summed E-state index contributed by atoms with van der Waals surface area (Å²) < 4.78 is 5.47. The van der Waals surface area contributed by atoms with Gasteiger partial charge in [0.05, 0.1) is 13.2 Å². The molecule has 0 spiro atoms. The van der Waals surface area contributed by atoms with E-state index in [0.717, 1.165) is 0 Å². The zero-order chi connectivity index (χ0) is 14.8. The zero-order valence-electron chi connectivity index (χ0n) is 11.3. The van der Waals surface area contributed by atoms with E-state index in [0.29, 0.717) is 6.54 Å². The molecule has 2 N–H and O–H groups in total. The molecule has 108 valence electrons. The van der Waals surface area contributed by atoms with Crippen molar-refractivity contribution in [2.45, 2.75) is 12.5 Å². The predicted octanol–water partition coefficient (Wildman–Crippen LogP) is -1.25. The number of morpholine rings is 1. The minimum Gasteiger partial charge on any atom is -0.362 e. The standard InChI is InChI=1S/C12H16N4O4/c1-12(11(19)13-2)7-16(5-6-20-12)10(18)8-3-4-9(17)15-14-8/h3-4H,5-7H2,1-2H3,(H,13,19)(H,15,17)/t12-/m0/s1. The second-order valence-corrected chi connectivity index (χ2v) is 4.69. The van der Waals surface area contributed by atoms with E-state index in [9.17, 15) is 14.4 Å². The summed E-state index contributed by atoms with van der Waals surface area (Å²) in [5.74, 6) is -0.635. The summed E-state index contributed by atoms with van der Waals surface area (Å²) in [5, 5.41) is 8.42. The van der Waals surface area contributed by atoms with Crippen LogP contribution in [0.1, 0.15) is 17.4 Å². The lowest BCUT2D eigenvalue weighted by atomic mass is 10.0. The van der Waals surface area contributed by atoms with Gasteiger partial charge in [0.15, 0.2) is 5.60 Å². The van der Waals surface area contributed by atoms with Crippen LogP contribution in [0.25, 0.3) is 0 Å². The number of likely N-dealkylation sites (N-methyl/N-ethyl adjacent to an activating group) is 1. The quantitative estimate of drug-likeness (QED) is 0.704. The Bertz CT molecular complexity index is 565. The van der Waals surface area contributed by atoms with E-state index < -0.39 is 5.60 Å². The van der Waals surface area contributed by atoms with Crippen molar-refractivity contribution in [3.63, 3.8) is 0 Å². The topological polar surface area (TPSA) is 104 Å². The third kappa shape index (κ3) is 2.69. The van der Waals surface area contributed by atoms with Crippen LogP contribution >= 0.6 is 0 Å². The number of hydrogen-bond acceptors (Lipinski definition) is 5. The normalized spacial score (nSPS) is 22.4. The van der Waals surface area contributed by atoms with Gasteiger partial charge >= 0.3 is 0 Å². The summed E-state index contributed by atoms with van der Waals surface area (Å²) in [6.07, 6.45) is 0. The van der Waals surface area contributed by atoms with E-state index >= 15 is 0 Å². The molecule has 8 nitrogen and oxygen atoms in total. The van der Waals surface area contributed by atoms with Gasteiger partial charge < -0.3 is 15.0 Å². The van der Waals surface area contributed by atoms with Gasteiger partial charge in [0.25, 0.3) is 17.4 Å². The predicted molar refractivity (Wildman–Crippen MR) is 69.2 cm³/mol. The summed E-state index contributed by atoms with van der Waals surface area (Å²) in [4.78, 5) is 36.5. The maximum Gasteiger partial charge on any atom is 0.274 e. The fourth-order valence-corrected chi connectivity index (χ4v) is 2.07. The molecule has 0 bridgehead atoms. The highest BCUT2D eigenvalue weighted by Gasteiger charge is 2.40. The molecule has 20 heavy (non-hydrogen) atoms. The Kier molecular flexibility index (Phi) is 3.84. The molecule has 0 radical (unpaired) electrons. The van der Waals surface area contributed by atoms with Gasteiger partial charge in [-0.15, -0.1) is 0 Å². The smallest absolute Gasteiger partial charge is 0.274 e. The van der Waals surface area contributed by atoms with E-state index in [1.165, 1.54) is 24.1 Å². The first-order valence-electron chi connectivity index (χ1n) is 6.17. The summed E-state index contributed by atoms with van der Waals surface area (Å²) in [5.41, 5.74) is -1.32. The molecule has 1 atom stereocenters. The van der Waals surface area contributed by atoms with Crippen LogP contribution < -0.4 is 10.9 Å². The Morgan fingerprint density at radius 2 is 2.25 bits per heavy atom. The van der Waals surface area contributed by atoms with Crippen molar-refractivity contribution in [1.29, 1.82) is 0 Å². The van der Waals surface area contributed by atoms with E-state index in [1.807, 2.05) is 0 Å². The zero-order valence-corrected chi connectivity index (χ0v) is 11.3. The molecular formula is C12H16N4O4. The number of nitrogens with zero attached hydrogens (tertiary/aromatic N) is 2. The molecule has 2 amide bonds. The van der Waals surface area contributed by atoms with Crippen LogP contribution in [0.5, 0.6) is 0 Å². The summed E-state index contributed by atoms with van der Waals surface area (Å²) >= 11 is 0. The van der Waals surface area contributed by atoms with Gasteiger partial charge in [-0.2, -0.15) is 5.10 Å². The lowest BCUT2D eigenvalue weighted by Crippen LogP contribution is -2.59. The first-order chi connectivity index (χ1) is 9.46. The second-order valence-electron chi connectivity index (χ2n) is 4.69. The van der Waals surface area contributed by atoms with Crippen molar-refractivity contribution in [3.8, 4) is 0 Å². The molecule has 1 aromatic heterocycles. The van der Waals surface area contributed by atoms with Gasteiger partial charge in [-0.05, 0) is 13.0 Å². The van der Waals surface area contributed by atoms with Crippen molar-refractivity contribution >= 4 is 11.8 Å². The van der Waals surface area contributed by atoms with Gasteiger partial charge in [-0.1, -0.05) is 0 Å². The van der Waals surface area contributed by atoms with Crippen molar-refractivity contribution in [1.82, 2.24) is 20.4 Å². The van der Waals surface area contributed by atoms with Crippen LogP contribution in [0.3, 0.4) is 0 Å². The van der Waals surface area contributed by atoms with Gasteiger partial charge in [0.1, 0.15) is 5.69 Å². The minimum atomic E-state index is -1.08. The van der Waals surface area contributed by atoms with Gasteiger partial charge in [0, 0.05) is 19.7 Å². The van der Waals surface area contributed by atoms with Gasteiger partial charge in [0.2, 0.25) is 0 Å². The number of aromatic amines is 1. The largest absolute Gasteiger partial charge is 0.362 e. The van der Waals surface area contributed by atoms with Crippen LogP contribution in [0.15, 0.2) is 16.9 Å². The molecule has 0 aromatic carbocycles. The Hall–Kier alpha value is -2.22. The van der Waals surface area contributed by atoms with Gasteiger partial charge in [-0.3, -0.25) is 14.4 Å². The van der Waals surface area contributed by atoms with Crippen molar-refractivity contribution in [2.24, 2.45) is 0 Å². The lowest BCUT2D eigenvalue weighted by molar-refractivity contribution is -0.153. The third-order valence-electron chi connectivity index (χ3n) is 3.17. The molecular weight excluding hydrogens is 264 g/mol. The third-order valence-corrected chi connectivity index (χ3v) is 3.17. The second kappa shape index (κ2) is 5.41. The van der Waals surface area contributed by atoms with E-state index in [4.69, 9.17) is 4.74 Å². The molecule has 0 unspecified atom stereocenters. The molecule has 2 heterocycles. The number of nitrogens with one attached hydrogen (secondary N) is 2. The Morgan fingerprint density at radius 1 is 1.50 bits per heavy atom. The minimum absolute atomic E-state index is 0.130. The van der Waals surface area contributed by atoms with E-state index in [2.05, 4.69) is 15.5 Å². The summed E-state index contributed by atoms with van der Waals surface area (Å²) in [6, 6.07) is 2.59. The first-order valence-corrected chi connectivity index (χ1v) is 6.17. The fraction of sp³-hybridized carbons (Fsp3) is 0.500. The molecule has 8 heteroatoms. The van der Waals surface area contributed by atoms with Crippen LogP contribution in [0, 0.1) is 0 Å². The molecule has 1 aromatic rings. The first kappa shape index (κ1) is 14.2. The number of rotatable bonds is 2. The van der Waals surface area contributed by atoms with Crippen LogP contribution in [-0.2, 0) is 9.53 Å². The fourth-order valence-electron chi connectivity index (χ4n) is 2.07. The number of ether oxygens (including phenoxy) is 1. The van der Waals surface area contributed by atoms with E-state index in [-0.39, 0.29) is 36.2 Å². The number of aromatic nitrogens is 2. The van der Waals surface area contributed by atoms with Crippen LogP contribution in [-0.4, -0.2) is 59.3 Å². The van der Waals surface area contributed by atoms with Crippen LogP contribution in [0.4, 0.5) is 0 Å². The average Bonchev–Trinajstić information content (AvgIpc) is 2.46. The van der Waals surface area contributed by atoms with E-state index in [1.54, 1.807) is 6.92 Å². The molecule has 0 aliphatic carbocycles. The molecule has 1 saturated heterocycles. The number of hydrogen-bond donors (Lipinski definition) is 2. The highest BCUT2D eigenvalue weighted by Crippen LogP contribution is 2.19. The number of amides is 2. The molecule has 2 rings (SSSR count). The highest BCUT2D eigenvalue weighted by molar-refractivity contribution is 5.93. The molecule has 1 aliphatic rings. The number of carbonyl (C=O) groups excluding carboxylic acids is 2.